The van der Waals surface area contributed by atoms with Gasteiger partial charge in [0.05, 0.1) is 12.3 Å². The molecule has 1 saturated heterocycles. The molecule has 4 N–H and O–H groups in total. The fourth-order valence-corrected chi connectivity index (χ4v) is 2.11. The number of carbonyl (C=O) groups excluding carboxylic acids is 2. The van der Waals surface area contributed by atoms with Crippen LogP contribution in [0.5, 0.6) is 5.75 Å². The second-order valence-electron chi connectivity index (χ2n) is 5.00. The van der Waals surface area contributed by atoms with Crippen molar-refractivity contribution < 1.29 is 19.1 Å². The minimum absolute atomic E-state index is 0.0956. The second-order valence-corrected chi connectivity index (χ2v) is 5.00. The lowest BCUT2D eigenvalue weighted by Crippen LogP contribution is -2.35. The molecule has 8 heteroatoms. The summed E-state index contributed by atoms with van der Waals surface area (Å²) in [6.07, 6.45) is 3.49. The fourth-order valence-electron chi connectivity index (χ4n) is 2.11. The Morgan fingerprint density at radius 1 is 1.43 bits per heavy atom. The number of urea groups is 1. The van der Waals surface area contributed by atoms with E-state index < -0.39 is 6.03 Å². The molecule has 23 heavy (non-hydrogen) atoms. The summed E-state index contributed by atoms with van der Waals surface area (Å²) in [5, 5.41) is 6.45. The van der Waals surface area contributed by atoms with Crippen molar-refractivity contribution in [2.45, 2.75) is 18.9 Å². The Kier molecular flexibility index (Phi) is 6.37. The average Bonchev–Trinajstić information content (AvgIpc) is 3.05. The highest BCUT2D eigenvalue weighted by Crippen LogP contribution is 2.15. The Bertz CT molecular complexity index is 570. The first kappa shape index (κ1) is 16.8. The molecule has 3 amide bonds. The van der Waals surface area contributed by atoms with Crippen molar-refractivity contribution in [3.8, 4) is 5.75 Å². The van der Waals surface area contributed by atoms with Crippen LogP contribution in [-0.4, -0.2) is 44.0 Å². The molecule has 0 spiro atoms. The van der Waals surface area contributed by atoms with Crippen molar-refractivity contribution in [3.63, 3.8) is 0 Å². The van der Waals surface area contributed by atoms with Crippen LogP contribution in [0.15, 0.2) is 29.4 Å². The van der Waals surface area contributed by atoms with E-state index in [1.54, 1.807) is 24.3 Å². The van der Waals surface area contributed by atoms with Gasteiger partial charge in [-0.2, -0.15) is 5.10 Å². The van der Waals surface area contributed by atoms with Crippen LogP contribution in [0.3, 0.4) is 0 Å². The highest BCUT2D eigenvalue weighted by molar-refractivity contribution is 5.85. The van der Waals surface area contributed by atoms with E-state index in [9.17, 15) is 9.59 Å². The van der Waals surface area contributed by atoms with Gasteiger partial charge in [-0.3, -0.25) is 4.79 Å². The maximum absolute atomic E-state index is 11.8. The molecule has 1 aromatic carbocycles. The molecule has 1 fully saturated rings. The van der Waals surface area contributed by atoms with E-state index in [-0.39, 0.29) is 18.6 Å². The van der Waals surface area contributed by atoms with Crippen LogP contribution < -0.4 is 21.2 Å². The first-order valence-electron chi connectivity index (χ1n) is 7.34. The number of para-hydroxylation sites is 1. The predicted octanol–water partition coefficient (Wildman–Crippen LogP) is 0.363. The number of primary amides is 1. The van der Waals surface area contributed by atoms with Gasteiger partial charge < -0.3 is 20.5 Å². The van der Waals surface area contributed by atoms with Crippen molar-refractivity contribution in [2.24, 2.45) is 10.8 Å². The lowest BCUT2D eigenvalue weighted by Gasteiger charge is -2.12. The first-order chi connectivity index (χ1) is 11.1. The number of hydrogen-bond acceptors (Lipinski definition) is 5. The van der Waals surface area contributed by atoms with Crippen LogP contribution in [0.1, 0.15) is 18.4 Å². The molecular formula is C15H20N4O4. The molecule has 0 aromatic heterocycles. The molecule has 2 rings (SSSR count). The van der Waals surface area contributed by atoms with Crippen molar-refractivity contribution in [3.05, 3.63) is 29.8 Å². The number of hydrazone groups is 1. The zero-order valence-electron chi connectivity index (χ0n) is 12.7. The van der Waals surface area contributed by atoms with E-state index >= 15 is 0 Å². The quantitative estimate of drug-likeness (QED) is 0.497. The lowest BCUT2D eigenvalue weighted by molar-refractivity contribution is -0.123. The number of carbonyl (C=O) groups is 2. The summed E-state index contributed by atoms with van der Waals surface area (Å²) >= 11 is 0. The minimum Gasteiger partial charge on any atom is -0.483 e. The van der Waals surface area contributed by atoms with Gasteiger partial charge in [-0.1, -0.05) is 12.1 Å². The highest BCUT2D eigenvalue weighted by atomic mass is 16.5. The van der Waals surface area contributed by atoms with E-state index in [1.165, 1.54) is 6.21 Å². The van der Waals surface area contributed by atoms with Crippen LogP contribution in [0.4, 0.5) is 4.79 Å². The molecule has 1 aromatic rings. The first-order valence-corrected chi connectivity index (χ1v) is 7.34. The van der Waals surface area contributed by atoms with Crippen LogP contribution in [0.25, 0.3) is 0 Å². The summed E-state index contributed by atoms with van der Waals surface area (Å²) < 4.78 is 10.9. The van der Waals surface area contributed by atoms with Crippen molar-refractivity contribution in [1.29, 1.82) is 0 Å². The third-order valence-electron chi connectivity index (χ3n) is 3.21. The van der Waals surface area contributed by atoms with Gasteiger partial charge in [0.15, 0.2) is 6.61 Å². The molecule has 1 heterocycles. The van der Waals surface area contributed by atoms with Gasteiger partial charge in [0.2, 0.25) is 0 Å². The molecule has 0 radical (unpaired) electrons. The number of nitrogens with one attached hydrogen (secondary N) is 2. The number of ether oxygens (including phenoxy) is 2. The van der Waals surface area contributed by atoms with E-state index in [1.807, 2.05) is 0 Å². The SMILES string of the molecule is NC(=O)NN=Cc1ccccc1OCC(=O)NCC1CCCO1. The topological polar surface area (TPSA) is 115 Å². The number of amides is 3. The molecule has 1 aliphatic heterocycles. The fraction of sp³-hybridized carbons (Fsp3) is 0.400. The summed E-state index contributed by atoms with van der Waals surface area (Å²) in [5.74, 6) is 0.261. The largest absolute Gasteiger partial charge is 0.483 e. The molecule has 0 saturated carbocycles. The van der Waals surface area contributed by atoms with Crippen LogP contribution in [-0.2, 0) is 9.53 Å². The number of nitrogens with zero attached hydrogens (tertiary/aromatic N) is 1. The van der Waals surface area contributed by atoms with Gasteiger partial charge in [-0.05, 0) is 25.0 Å². The maximum atomic E-state index is 11.8. The van der Waals surface area contributed by atoms with Gasteiger partial charge in [0, 0.05) is 18.7 Å². The number of benzene rings is 1. The molecule has 8 nitrogen and oxygen atoms in total. The average molecular weight is 320 g/mol. The predicted molar refractivity (Wildman–Crippen MR) is 84.2 cm³/mol. The smallest absolute Gasteiger partial charge is 0.332 e. The highest BCUT2D eigenvalue weighted by Gasteiger charge is 2.16. The zero-order chi connectivity index (χ0) is 16.5. The van der Waals surface area contributed by atoms with E-state index in [0.717, 1.165) is 19.4 Å². The third kappa shape index (κ3) is 5.95. The standard InChI is InChI=1S/C15H20N4O4/c16-15(21)19-18-8-11-4-1-2-6-13(11)23-10-14(20)17-9-12-5-3-7-22-12/h1-2,4,6,8,12H,3,5,7,9-10H2,(H,17,20)(H3,16,19,21). The van der Waals surface area contributed by atoms with E-state index in [4.69, 9.17) is 15.2 Å². The van der Waals surface area contributed by atoms with Crippen molar-refractivity contribution >= 4 is 18.2 Å². The summed E-state index contributed by atoms with van der Waals surface area (Å²) in [6, 6.07) is 6.26. The molecular weight excluding hydrogens is 300 g/mol. The van der Waals surface area contributed by atoms with Crippen molar-refractivity contribution in [1.82, 2.24) is 10.7 Å². The number of rotatable bonds is 7. The number of hydrogen-bond donors (Lipinski definition) is 3. The van der Waals surface area contributed by atoms with Crippen LogP contribution in [0.2, 0.25) is 0 Å². The summed E-state index contributed by atoms with van der Waals surface area (Å²) in [6.45, 7) is 1.14. The Morgan fingerprint density at radius 3 is 3.00 bits per heavy atom. The van der Waals surface area contributed by atoms with E-state index in [0.29, 0.717) is 17.9 Å². The number of nitrogens with two attached hydrogens (primary N) is 1. The van der Waals surface area contributed by atoms with Gasteiger partial charge in [0.25, 0.3) is 5.91 Å². The Morgan fingerprint density at radius 2 is 2.26 bits per heavy atom. The Hall–Kier alpha value is -2.61. The van der Waals surface area contributed by atoms with Crippen LogP contribution >= 0.6 is 0 Å². The molecule has 1 unspecified atom stereocenters. The second kappa shape index (κ2) is 8.74. The van der Waals surface area contributed by atoms with Gasteiger partial charge in [0.1, 0.15) is 5.75 Å². The molecule has 1 aliphatic rings. The molecule has 0 aliphatic carbocycles. The molecule has 124 valence electrons. The summed E-state index contributed by atoms with van der Waals surface area (Å²) in [5.41, 5.74) is 7.64. The minimum atomic E-state index is -0.756. The van der Waals surface area contributed by atoms with E-state index in [2.05, 4.69) is 15.8 Å². The Balaban J connectivity index is 1.81. The normalized spacial score (nSPS) is 17.1. The molecule has 0 bridgehead atoms. The monoisotopic (exact) mass is 320 g/mol. The maximum Gasteiger partial charge on any atom is 0.332 e. The third-order valence-corrected chi connectivity index (χ3v) is 3.21. The van der Waals surface area contributed by atoms with Crippen molar-refractivity contribution in [2.75, 3.05) is 19.8 Å². The van der Waals surface area contributed by atoms with Gasteiger partial charge in [-0.25, -0.2) is 10.2 Å². The van der Waals surface area contributed by atoms with Gasteiger partial charge in [-0.15, -0.1) is 0 Å². The summed E-state index contributed by atoms with van der Waals surface area (Å²) in [7, 11) is 0. The summed E-state index contributed by atoms with van der Waals surface area (Å²) in [4.78, 5) is 22.4. The Labute approximate surface area is 134 Å². The van der Waals surface area contributed by atoms with Gasteiger partial charge >= 0.3 is 6.03 Å². The zero-order valence-corrected chi connectivity index (χ0v) is 12.7. The van der Waals surface area contributed by atoms with Crippen LogP contribution in [0, 0.1) is 0 Å². The molecule has 1 atom stereocenters. The lowest BCUT2D eigenvalue weighted by atomic mass is 10.2.